The summed E-state index contributed by atoms with van der Waals surface area (Å²) in [5.74, 6) is 2.08. The van der Waals surface area contributed by atoms with Gasteiger partial charge in [-0.3, -0.25) is 4.79 Å². The van der Waals surface area contributed by atoms with Crippen molar-refractivity contribution in [3.05, 3.63) is 16.6 Å². The molecule has 2 heterocycles. The third-order valence-corrected chi connectivity index (χ3v) is 7.16. The van der Waals surface area contributed by atoms with Crippen LogP contribution in [0.15, 0.2) is 11.0 Å². The van der Waals surface area contributed by atoms with Crippen LogP contribution in [0.1, 0.15) is 59.1 Å². The fraction of sp³-hybridized carbons (Fsp3) is 0.789. The summed E-state index contributed by atoms with van der Waals surface area (Å²) in [5, 5.41) is 7.88. The summed E-state index contributed by atoms with van der Waals surface area (Å²) in [5.41, 5.74) is 1.14. The van der Waals surface area contributed by atoms with E-state index in [-0.39, 0.29) is 17.2 Å². The number of nitrogens with zero attached hydrogens (tertiary/aromatic N) is 2. The first kappa shape index (κ1) is 17.1. The van der Waals surface area contributed by atoms with E-state index in [2.05, 4.69) is 31.2 Å². The molecule has 4 fully saturated rings. The molecule has 0 amide bonds. The molecule has 0 aromatic carbocycles. The fourth-order valence-electron chi connectivity index (χ4n) is 5.26. The average Bonchev–Trinajstić information content (AvgIpc) is 2.61. The molecular weight excluding hydrogens is 313 g/mol. The van der Waals surface area contributed by atoms with Crippen molar-refractivity contribution in [1.82, 2.24) is 9.78 Å². The van der Waals surface area contributed by atoms with E-state index in [4.69, 9.17) is 12.6 Å². The molecule has 5 rings (SSSR count). The topological polar surface area (TPSA) is 56.1 Å². The Morgan fingerprint density at radius 2 is 2.16 bits per heavy atom. The Morgan fingerprint density at radius 3 is 2.80 bits per heavy atom. The summed E-state index contributed by atoms with van der Waals surface area (Å²) < 4.78 is 7.08. The maximum Gasteiger partial charge on any atom is 0.264 e. The molecule has 1 aromatic rings. The molecule has 3 saturated carbocycles. The smallest absolute Gasteiger partial charge is 0.264 e. The third kappa shape index (κ3) is 2.73. The first-order valence-corrected chi connectivity index (χ1v) is 9.65. The molecular formula is C19H28BN3O2. The Labute approximate surface area is 150 Å². The molecule has 1 aromatic heterocycles. The zero-order valence-electron chi connectivity index (χ0n) is 15.5. The van der Waals surface area contributed by atoms with Crippen LogP contribution >= 0.6 is 0 Å². The van der Waals surface area contributed by atoms with Crippen molar-refractivity contribution in [2.24, 2.45) is 23.2 Å². The first-order valence-electron chi connectivity index (χ1n) is 9.65. The van der Waals surface area contributed by atoms with Crippen LogP contribution in [-0.4, -0.2) is 30.3 Å². The highest BCUT2D eigenvalue weighted by Crippen LogP contribution is 2.61. The van der Waals surface area contributed by atoms with Crippen molar-refractivity contribution in [3.8, 4) is 0 Å². The van der Waals surface area contributed by atoms with Crippen LogP contribution in [0.3, 0.4) is 0 Å². The van der Waals surface area contributed by atoms with E-state index in [0.717, 1.165) is 37.5 Å². The van der Waals surface area contributed by atoms with Gasteiger partial charge in [0, 0.05) is 12.6 Å². The molecule has 3 aliphatic carbocycles. The maximum atomic E-state index is 12.6. The van der Waals surface area contributed by atoms with Gasteiger partial charge < -0.3 is 10.1 Å². The molecule has 0 spiro atoms. The minimum Gasteiger partial charge on any atom is -0.381 e. The molecule has 4 aliphatic rings. The van der Waals surface area contributed by atoms with Crippen molar-refractivity contribution >= 4 is 19.0 Å². The largest absolute Gasteiger partial charge is 0.381 e. The van der Waals surface area contributed by atoms with Crippen LogP contribution < -0.4 is 16.3 Å². The summed E-state index contributed by atoms with van der Waals surface area (Å²) >= 11 is 0. The molecule has 6 heteroatoms. The summed E-state index contributed by atoms with van der Waals surface area (Å²) in [4.78, 5) is 12.6. The van der Waals surface area contributed by atoms with Gasteiger partial charge in [-0.05, 0) is 60.7 Å². The number of aromatic nitrogens is 2. The van der Waals surface area contributed by atoms with Gasteiger partial charge in [0.25, 0.3) is 5.56 Å². The van der Waals surface area contributed by atoms with Crippen molar-refractivity contribution in [3.63, 3.8) is 0 Å². The van der Waals surface area contributed by atoms with Crippen LogP contribution in [0.4, 0.5) is 5.69 Å². The highest BCUT2D eigenvalue weighted by Gasteiger charge is 2.56. The Morgan fingerprint density at radius 1 is 1.36 bits per heavy atom. The van der Waals surface area contributed by atoms with Gasteiger partial charge in [0.1, 0.15) is 7.85 Å². The van der Waals surface area contributed by atoms with Gasteiger partial charge in [0.2, 0.25) is 0 Å². The molecule has 25 heavy (non-hydrogen) atoms. The molecule has 1 unspecified atom stereocenters. The van der Waals surface area contributed by atoms with E-state index in [0.29, 0.717) is 29.7 Å². The van der Waals surface area contributed by atoms with Gasteiger partial charge in [-0.25, -0.2) is 4.68 Å². The van der Waals surface area contributed by atoms with Gasteiger partial charge in [-0.2, -0.15) is 5.10 Å². The van der Waals surface area contributed by atoms with Crippen LogP contribution in [0, 0.1) is 23.2 Å². The lowest BCUT2D eigenvalue weighted by Gasteiger charge is -2.62. The SMILES string of the molecule is [B]c1c(N[C@@H]2C[C@@H]3C[C@H]([C@H]2C)C3(C)C)cnn(C2CCCCO2)c1=O. The molecule has 2 bridgehead atoms. The van der Waals surface area contributed by atoms with E-state index >= 15 is 0 Å². The minimum atomic E-state index is -0.278. The zero-order chi connectivity index (χ0) is 17.8. The molecule has 134 valence electrons. The standard InChI is InChI=1S/C19H28BN3O2/c1-11-13-8-12(19(13,2)3)9-14(11)22-15-10-21-23(18(24)17(15)20)16-6-4-5-7-25-16/h10-14,16,22H,4-9H2,1-3H3/t11-,12+,13-,14-,16?/m1/s1. The van der Waals surface area contributed by atoms with Crippen LogP contribution in [-0.2, 0) is 4.74 Å². The van der Waals surface area contributed by atoms with E-state index in [9.17, 15) is 4.79 Å². The predicted molar refractivity (Wildman–Crippen MR) is 99.3 cm³/mol. The van der Waals surface area contributed by atoms with Crippen LogP contribution in [0.25, 0.3) is 0 Å². The second-order valence-electron chi connectivity index (χ2n) is 8.75. The van der Waals surface area contributed by atoms with Gasteiger partial charge in [0.05, 0.1) is 11.9 Å². The molecule has 1 saturated heterocycles. The van der Waals surface area contributed by atoms with E-state index < -0.39 is 0 Å². The Kier molecular flexibility index (Phi) is 4.22. The summed E-state index contributed by atoms with van der Waals surface area (Å²) in [6.07, 6.45) is 6.80. The summed E-state index contributed by atoms with van der Waals surface area (Å²) in [6, 6.07) is 0.363. The number of nitrogens with one attached hydrogen (secondary N) is 1. The van der Waals surface area contributed by atoms with Crippen molar-refractivity contribution in [2.75, 3.05) is 11.9 Å². The predicted octanol–water partition coefficient (Wildman–Crippen LogP) is 2.22. The quantitative estimate of drug-likeness (QED) is 0.857. The second-order valence-corrected chi connectivity index (χ2v) is 8.75. The Balaban J connectivity index is 1.52. The summed E-state index contributed by atoms with van der Waals surface area (Å²) in [7, 11) is 6.16. The number of anilines is 1. The molecule has 5 nitrogen and oxygen atoms in total. The van der Waals surface area contributed by atoms with Crippen molar-refractivity contribution < 1.29 is 4.74 Å². The van der Waals surface area contributed by atoms with Gasteiger partial charge >= 0.3 is 0 Å². The number of ether oxygens (including phenoxy) is 1. The number of fused-ring (bicyclic) bond motifs is 2. The Bertz CT molecular complexity index is 711. The normalized spacial score (nSPS) is 36.5. The maximum absolute atomic E-state index is 12.6. The second kappa shape index (κ2) is 6.15. The number of hydrogen-bond acceptors (Lipinski definition) is 4. The fourth-order valence-corrected chi connectivity index (χ4v) is 5.26. The monoisotopic (exact) mass is 341 g/mol. The highest BCUT2D eigenvalue weighted by atomic mass is 16.5. The van der Waals surface area contributed by atoms with Crippen LogP contribution in [0.5, 0.6) is 0 Å². The van der Waals surface area contributed by atoms with E-state index in [1.165, 1.54) is 11.1 Å². The highest BCUT2D eigenvalue weighted by molar-refractivity contribution is 6.35. The lowest BCUT2D eigenvalue weighted by atomic mass is 9.44. The third-order valence-electron chi connectivity index (χ3n) is 7.16. The zero-order valence-corrected chi connectivity index (χ0v) is 15.5. The number of hydrogen-bond donors (Lipinski definition) is 1. The molecule has 5 atom stereocenters. The van der Waals surface area contributed by atoms with Gasteiger partial charge in [-0.1, -0.05) is 20.8 Å². The lowest BCUT2D eigenvalue weighted by molar-refractivity contribution is -0.105. The van der Waals surface area contributed by atoms with Gasteiger partial charge in [0.15, 0.2) is 6.23 Å². The first-order chi connectivity index (χ1) is 11.9. The van der Waals surface area contributed by atoms with E-state index in [1.54, 1.807) is 6.20 Å². The summed E-state index contributed by atoms with van der Waals surface area (Å²) in [6.45, 7) is 7.77. The number of rotatable bonds is 3. The minimum absolute atomic E-state index is 0.245. The average molecular weight is 341 g/mol. The molecule has 1 aliphatic heterocycles. The van der Waals surface area contributed by atoms with Crippen LogP contribution in [0.2, 0.25) is 0 Å². The molecule has 1 N–H and O–H groups in total. The van der Waals surface area contributed by atoms with Crippen molar-refractivity contribution in [1.29, 1.82) is 0 Å². The molecule has 2 radical (unpaired) electrons. The van der Waals surface area contributed by atoms with E-state index in [1.807, 2.05) is 0 Å². The van der Waals surface area contributed by atoms with Gasteiger partial charge in [-0.15, -0.1) is 0 Å². The Hall–Kier alpha value is -1.30. The lowest BCUT2D eigenvalue weighted by Crippen LogP contribution is -2.58. The van der Waals surface area contributed by atoms with Crippen molar-refractivity contribution in [2.45, 2.75) is 65.1 Å².